The number of nitriles is 1. The van der Waals surface area contributed by atoms with E-state index >= 15 is 0 Å². The highest BCUT2D eigenvalue weighted by Gasteiger charge is 2.16. The van der Waals surface area contributed by atoms with Crippen LogP contribution in [0.4, 0.5) is 5.69 Å². The molecule has 0 atom stereocenters. The second-order valence-electron chi connectivity index (χ2n) is 6.64. The number of imidazole rings is 1. The predicted octanol–water partition coefficient (Wildman–Crippen LogP) is 1.33. The van der Waals surface area contributed by atoms with Crippen molar-refractivity contribution in [1.29, 1.82) is 5.26 Å². The maximum Gasteiger partial charge on any atom is 0.270 e. The van der Waals surface area contributed by atoms with Crippen molar-refractivity contribution in [1.82, 2.24) is 20.2 Å². The summed E-state index contributed by atoms with van der Waals surface area (Å²) in [6.45, 7) is 1.62. The molecule has 0 saturated carbocycles. The monoisotopic (exact) mass is 414 g/mol. The van der Waals surface area contributed by atoms with Gasteiger partial charge in [0.25, 0.3) is 17.2 Å². The molecule has 0 aliphatic heterocycles. The number of benzene rings is 2. The number of pyridine rings is 1. The fourth-order valence-electron chi connectivity index (χ4n) is 3.29. The Balaban J connectivity index is 1.74. The Morgan fingerprint density at radius 3 is 2.77 bits per heavy atom. The molecular weight excluding hydrogens is 400 g/mol. The summed E-state index contributed by atoms with van der Waals surface area (Å²) in [5.74, 6) is -0.625. The maximum atomic E-state index is 13.1. The fourth-order valence-corrected chi connectivity index (χ4v) is 3.29. The first-order valence-electron chi connectivity index (χ1n) is 9.06. The van der Waals surface area contributed by atoms with E-state index < -0.39 is 16.4 Å². The van der Waals surface area contributed by atoms with E-state index in [0.29, 0.717) is 16.6 Å². The molecule has 0 bridgehead atoms. The van der Waals surface area contributed by atoms with Gasteiger partial charge in [0.05, 0.1) is 26.7 Å². The van der Waals surface area contributed by atoms with E-state index in [9.17, 15) is 25.0 Å². The van der Waals surface area contributed by atoms with E-state index in [1.54, 1.807) is 31.2 Å². The van der Waals surface area contributed by atoms with Gasteiger partial charge in [-0.05, 0) is 30.7 Å². The van der Waals surface area contributed by atoms with Crippen LogP contribution in [0, 0.1) is 28.4 Å². The number of nitrogens with zero attached hydrogens (tertiary/aromatic N) is 4. The van der Waals surface area contributed by atoms with Gasteiger partial charge >= 0.3 is 0 Å². The maximum absolute atomic E-state index is 13.1. The van der Waals surface area contributed by atoms with Gasteiger partial charge in [-0.3, -0.25) is 29.5 Å². The lowest BCUT2D eigenvalue weighted by atomic mass is 10.1. The molecule has 4 rings (SSSR count). The molecule has 0 aliphatic rings. The molecule has 4 aromatic rings. The van der Waals surface area contributed by atoms with Gasteiger partial charge in [-0.1, -0.05) is 18.2 Å². The number of para-hydroxylation sites is 2. The molecule has 152 valence electrons. The smallest absolute Gasteiger partial charge is 0.270 e. The van der Waals surface area contributed by atoms with Gasteiger partial charge in [-0.2, -0.15) is 5.26 Å². The summed E-state index contributed by atoms with van der Waals surface area (Å²) in [6, 6.07) is 14.4. The number of carbonyl (C=O) groups is 1. The van der Waals surface area contributed by atoms with Gasteiger partial charge in [0.15, 0.2) is 5.65 Å². The third-order valence-corrected chi connectivity index (χ3v) is 4.83. The SMILES string of the molecule is Cc1c(C#N)c2nc3ccccc3n2c(=O)/c1=C\NNC(=O)c1cccc([N+](=O)[O-])c1. The fraction of sp³-hybridized carbons (Fsp3) is 0.0476. The van der Waals surface area contributed by atoms with Crippen molar-refractivity contribution >= 4 is 34.5 Å². The number of nitro groups is 1. The number of amides is 1. The molecule has 2 aromatic heterocycles. The number of nitro benzene ring substituents is 1. The lowest BCUT2D eigenvalue weighted by Gasteiger charge is -2.06. The lowest BCUT2D eigenvalue weighted by Crippen LogP contribution is -2.40. The van der Waals surface area contributed by atoms with Gasteiger partial charge in [0.1, 0.15) is 6.07 Å². The summed E-state index contributed by atoms with van der Waals surface area (Å²) < 4.78 is 1.36. The zero-order valence-corrected chi connectivity index (χ0v) is 16.1. The molecule has 0 unspecified atom stereocenters. The second-order valence-corrected chi connectivity index (χ2v) is 6.64. The van der Waals surface area contributed by atoms with Crippen LogP contribution in [0.3, 0.4) is 0 Å². The lowest BCUT2D eigenvalue weighted by molar-refractivity contribution is -0.384. The largest absolute Gasteiger partial charge is 0.305 e. The predicted molar refractivity (Wildman–Crippen MR) is 112 cm³/mol. The number of nitrogens with one attached hydrogen (secondary N) is 2. The number of carbonyl (C=O) groups excluding carboxylic acids is 1. The minimum absolute atomic E-state index is 0.0722. The van der Waals surface area contributed by atoms with Crippen LogP contribution in [0.15, 0.2) is 53.3 Å². The minimum atomic E-state index is -0.625. The Hall–Kier alpha value is -4.78. The van der Waals surface area contributed by atoms with Crippen LogP contribution in [0.1, 0.15) is 21.5 Å². The van der Waals surface area contributed by atoms with Crippen molar-refractivity contribution in [3.8, 4) is 6.07 Å². The van der Waals surface area contributed by atoms with Crippen molar-refractivity contribution in [3.63, 3.8) is 0 Å². The van der Waals surface area contributed by atoms with Crippen LogP contribution in [0.2, 0.25) is 0 Å². The molecule has 10 nitrogen and oxygen atoms in total. The second kappa shape index (κ2) is 7.57. The summed E-state index contributed by atoms with van der Waals surface area (Å²) >= 11 is 0. The Morgan fingerprint density at radius 1 is 1.26 bits per heavy atom. The molecular formula is C21H14N6O4. The molecule has 2 N–H and O–H groups in total. The Bertz CT molecular complexity index is 1530. The third kappa shape index (κ3) is 3.30. The normalized spacial score (nSPS) is 11.4. The van der Waals surface area contributed by atoms with Crippen LogP contribution in [-0.2, 0) is 0 Å². The number of fused-ring (bicyclic) bond motifs is 3. The van der Waals surface area contributed by atoms with Crippen molar-refractivity contribution in [3.05, 3.63) is 90.9 Å². The van der Waals surface area contributed by atoms with E-state index in [2.05, 4.69) is 21.9 Å². The standard InChI is InChI=1S/C21H14N6O4/c1-12-15(10-22)19-24-17-7-2-3-8-18(17)26(19)21(29)16(12)11-23-25-20(28)13-5-4-6-14(9-13)27(30)31/h2-9,11,23H,1H3,(H,25,28)/b16-11-. The Kier molecular flexibility index (Phi) is 4.77. The van der Waals surface area contributed by atoms with Crippen LogP contribution >= 0.6 is 0 Å². The van der Waals surface area contributed by atoms with Crippen molar-refractivity contribution < 1.29 is 9.72 Å². The van der Waals surface area contributed by atoms with Gasteiger partial charge in [0, 0.05) is 23.9 Å². The van der Waals surface area contributed by atoms with E-state index in [0.717, 1.165) is 6.07 Å². The number of non-ortho nitro benzene ring substituents is 1. The highest BCUT2D eigenvalue weighted by atomic mass is 16.6. The van der Waals surface area contributed by atoms with Crippen molar-refractivity contribution in [2.45, 2.75) is 6.92 Å². The Labute approximate surface area is 174 Å². The summed E-state index contributed by atoms with van der Waals surface area (Å²) in [4.78, 5) is 40.1. The first-order valence-corrected chi connectivity index (χ1v) is 9.06. The van der Waals surface area contributed by atoms with Gasteiger partial charge in [-0.25, -0.2) is 4.98 Å². The molecule has 2 heterocycles. The minimum Gasteiger partial charge on any atom is -0.305 e. The average Bonchev–Trinajstić information content (AvgIpc) is 3.15. The number of rotatable bonds is 4. The average molecular weight is 414 g/mol. The van der Waals surface area contributed by atoms with Crippen molar-refractivity contribution in [2.75, 3.05) is 0 Å². The van der Waals surface area contributed by atoms with Crippen molar-refractivity contribution in [2.24, 2.45) is 0 Å². The summed E-state index contributed by atoms with van der Waals surface area (Å²) in [5.41, 5.74) is 6.44. The molecule has 2 aromatic carbocycles. The van der Waals surface area contributed by atoms with E-state index in [1.807, 2.05) is 0 Å². The third-order valence-electron chi connectivity index (χ3n) is 4.83. The molecule has 0 aliphatic carbocycles. The van der Waals surface area contributed by atoms with Crippen LogP contribution < -0.4 is 21.6 Å². The van der Waals surface area contributed by atoms with E-state index in [-0.39, 0.29) is 27.7 Å². The quantitative estimate of drug-likeness (QED) is 0.379. The number of aromatic nitrogens is 2. The molecule has 31 heavy (non-hydrogen) atoms. The molecule has 10 heteroatoms. The molecule has 0 radical (unpaired) electrons. The number of hydrogen-bond donors (Lipinski definition) is 2. The summed E-state index contributed by atoms with van der Waals surface area (Å²) in [7, 11) is 0. The van der Waals surface area contributed by atoms with Gasteiger partial charge < -0.3 is 5.43 Å². The number of hydrazine groups is 1. The zero-order valence-electron chi connectivity index (χ0n) is 16.1. The highest BCUT2D eigenvalue weighted by Crippen LogP contribution is 2.17. The first kappa shape index (κ1) is 19.5. The highest BCUT2D eigenvalue weighted by molar-refractivity contribution is 5.94. The van der Waals surface area contributed by atoms with Crippen LogP contribution in [0.5, 0.6) is 0 Å². The van der Waals surface area contributed by atoms with Crippen LogP contribution in [-0.4, -0.2) is 20.2 Å². The van der Waals surface area contributed by atoms with Crippen LogP contribution in [0.25, 0.3) is 22.9 Å². The molecule has 0 fully saturated rings. The number of hydrogen-bond acceptors (Lipinski definition) is 7. The summed E-state index contributed by atoms with van der Waals surface area (Å²) in [5, 5.41) is 20.7. The summed E-state index contributed by atoms with van der Waals surface area (Å²) in [6.07, 6.45) is 1.28. The topological polar surface area (TPSA) is 142 Å². The Morgan fingerprint density at radius 2 is 2.03 bits per heavy atom. The van der Waals surface area contributed by atoms with E-state index in [1.165, 1.54) is 28.8 Å². The zero-order chi connectivity index (χ0) is 22.1. The van der Waals surface area contributed by atoms with E-state index in [4.69, 9.17) is 0 Å². The molecule has 0 saturated heterocycles. The van der Waals surface area contributed by atoms with Gasteiger partial charge in [-0.15, -0.1) is 0 Å². The first-order chi connectivity index (χ1) is 14.9. The van der Waals surface area contributed by atoms with Gasteiger partial charge in [0.2, 0.25) is 0 Å². The molecule has 1 amide bonds. The molecule has 0 spiro atoms.